The molecule has 0 rings (SSSR count). The topological polar surface area (TPSA) is 40.6 Å². The van der Waals surface area contributed by atoms with Crippen molar-refractivity contribution >= 4 is 11.8 Å². The van der Waals surface area contributed by atoms with E-state index in [-0.39, 0.29) is 12.3 Å². The van der Waals surface area contributed by atoms with Gasteiger partial charge < -0.3 is 9.80 Å². The maximum absolute atomic E-state index is 12.4. The third-order valence-electron chi connectivity index (χ3n) is 2.48. The van der Waals surface area contributed by atoms with Crippen molar-refractivity contribution in [2.75, 3.05) is 27.2 Å². The second-order valence-corrected chi connectivity index (χ2v) is 5.09. The summed E-state index contributed by atoms with van der Waals surface area (Å²) in [5, 5.41) is 0. The minimum absolute atomic E-state index is 0.0223. The highest BCUT2D eigenvalue weighted by molar-refractivity contribution is 5.84. The molecule has 0 N–H and O–H groups in total. The lowest BCUT2D eigenvalue weighted by atomic mass is 10.1. The maximum Gasteiger partial charge on any atom is 0.406 e. The largest absolute Gasteiger partial charge is 0.406 e. The Balaban J connectivity index is 4.66. The summed E-state index contributed by atoms with van der Waals surface area (Å²) in [7, 11) is 2.87. The van der Waals surface area contributed by atoms with Gasteiger partial charge in [0.1, 0.15) is 13.1 Å². The van der Waals surface area contributed by atoms with Crippen LogP contribution in [0.15, 0.2) is 0 Å². The second-order valence-electron chi connectivity index (χ2n) is 5.09. The maximum atomic E-state index is 12.4. The molecule has 0 aromatic heterocycles. The van der Waals surface area contributed by atoms with E-state index in [0.717, 1.165) is 0 Å². The highest BCUT2D eigenvalue weighted by Gasteiger charge is 2.33. The normalized spacial score (nSPS) is 11.6. The Labute approximate surface area is 111 Å². The fraction of sp³-hybridized carbons (Fsp3) is 0.833. The number of carbonyl (C=O) groups excluding carboxylic acids is 2. The van der Waals surface area contributed by atoms with E-state index in [4.69, 9.17) is 0 Å². The highest BCUT2D eigenvalue weighted by atomic mass is 19.4. The predicted molar refractivity (Wildman–Crippen MR) is 65.4 cm³/mol. The summed E-state index contributed by atoms with van der Waals surface area (Å²) in [6, 6.07) is 0. The predicted octanol–water partition coefficient (Wildman–Crippen LogP) is 1.90. The fourth-order valence-corrected chi connectivity index (χ4v) is 1.32. The molecule has 0 aliphatic rings. The minimum Gasteiger partial charge on any atom is -0.347 e. The van der Waals surface area contributed by atoms with Gasteiger partial charge in [-0.15, -0.1) is 0 Å². The molecule has 0 aromatic carbocycles. The molecule has 2 amide bonds. The molecule has 112 valence electrons. The lowest BCUT2D eigenvalue weighted by Crippen LogP contribution is -2.44. The van der Waals surface area contributed by atoms with Crippen molar-refractivity contribution < 1.29 is 22.8 Å². The van der Waals surface area contributed by atoms with Crippen LogP contribution in [0.3, 0.4) is 0 Å². The van der Waals surface area contributed by atoms with Crippen molar-refractivity contribution in [3.63, 3.8) is 0 Å². The first-order valence-electron chi connectivity index (χ1n) is 6.07. The van der Waals surface area contributed by atoms with Gasteiger partial charge in [0.2, 0.25) is 11.8 Å². The van der Waals surface area contributed by atoms with Crippen molar-refractivity contribution in [2.24, 2.45) is 5.92 Å². The average Bonchev–Trinajstić information content (AvgIpc) is 2.22. The number of amides is 2. The molecule has 0 bridgehead atoms. The monoisotopic (exact) mass is 282 g/mol. The Morgan fingerprint density at radius 3 is 2.00 bits per heavy atom. The van der Waals surface area contributed by atoms with E-state index in [1.165, 1.54) is 19.0 Å². The van der Waals surface area contributed by atoms with E-state index < -0.39 is 31.1 Å². The molecule has 0 heterocycles. The van der Waals surface area contributed by atoms with Gasteiger partial charge in [-0.05, 0) is 12.3 Å². The van der Waals surface area contributed by atoms with Crippen molar-refractivity contribution in [1.29, 1.82) is 0 Å². The molecule has 0 atom stereocenters. The molecule has 0 saturated heterocycles. The van der Waals surface area contributed by atoms with E-state index in [0.29, 0.717) is 11.3 Å². The third kappa shape index (κ3) is 8.45. The SMILES string of the molecule is CC(C)CCC(=O)N(CC(=O)N(C)C)CC(F)(F)F. The number of carbonyl (C=O) groups is 2. The Hall–Kier alpha value is -1.27. The first kappa shape index (κ1) is 17.7. The summed E-state index contributed by atoms with van der Waals surface area (Å²) in [4.78, 5) is 24.9. The van der Waals surface area contributed by atoms with Crippen LogP contribution in [0.5, 0.6) is 0 Å². The molecule has 0 unspecified atom stereocenters. The zero-order chi connectivity index (χ0) is 15.2. The summed E-state index contributed by atoms with van der Waals surface area (Å²) < 4.78 is 37.2. The highest BCUT2D eigenvalue weighted by Crippen LogP contribution is 2.18. The van der Waals surface area contributed by atoms with Crippen molar-refractivity contribution in [3.8, 4) is 0 Å². The van der Waals surface area contributed by atoms with Crippen LogP contribution in [0.2, 0.25) is 0 Å². The van der Waals surface area contributed by atoms with Crippen molar-refractivity contribution in [3.05, 3.63) is 0 Å². The Kier molecular flexibility index (Phi) is 6.86. The third-order valence-corrected chi connectivity index (χ3v) is 2.48. The van der Waals surface area contributed by atoms with E-state index >= 15 is 0 Å². The quantitative estimate of drug-likeness (QED) is 0.746. The number of likely N-dealkylation sites (N-methyl/N-ethyl adjacent to an activating group) is 1. The van der Waals surface area contributed by atoms with Gasteiger partial charge in [0.15, 0.2) is 0 Å². The summed E-state index contributed by atoms with van der Waals surface area (Å²) in [5.41, 5.74) is 0. The summed E-state index contributed by atoms with van der Waals surface area (Å²) in [6.45, 7) is 1.84. The Morgan fingerprint density at radius 1 is 1.11 bits per heavy atom. The van der Waals surface area contributed by atoms with Crippen LogP contribution in [0, 0.1) is 5.92 Å². The van der Waals surface area contributed by atoms with Crippen LogP contribution in [0.1, 0.15) is 26.7 Å². The molecule has 0 aliphatic heterocycles. The standard InChI is InChI=1S/C12H21F3N2O2/c1-9(2)5-6-10(18)17(8-12(13,14)15)7-11(19)16(3)4/h9H,5-8H2,1-4H3. The molecule has 0 fully saturated rings. The molecule has 4 nitrogen and oxygen atoms in total. The van der Waals surface area contributed by atoms with Crippen molar-refractivity contribution in [1.82, 2.24) is 9.80 Å². The van der Waals surface area contributed by atoms with Gasteiger partial charge in [0, 0.05) is 20.5 Å². The van der Waals surface area contributed by atoms with Gasteiger partial charge in [-0.1, -0.05) is 13.8 Å². The molecule has 7 heteroatoms. The number of hydrogen-bond acceptors (Lipinski definition) is 2. The summed E-state index contributed by atoms with van der Waals surface area (Å²) in [5.74, 6) is -0.940. The van der Waals surface area contributed by atoms with E-state index in [2.05, 4.69) is 0 Å². The molecular formula is C12H21F3N2O2. The van der Waals surface area contributed by atoms with E-state index in [9.17, 15) is 22.8 Å². The summed E-state index contributed by atoms with van der Waals surface area (Å²) >= 11 is 0. The minimum atomic E-state index is -4.50. The van der Waals surface area contributed by atoms with E-state index in [1.807, 2.05) is 13.8 Å². The fourth-order valence-electron chi connectivity index (χ4n) is 1.32. The van der Waals surface area contributed by atoms with Crippen LogP contribution in [0.25, 0.3) is 0 Å². The molecule has 0 radical (unpaired) electrons. The van der Waals surface area contributed by atoms with Crippen LogP contribution in [-0.2, 0) is 9.59 Å². The van der Waals surface area contributed by atoms with Crippen LogP contribution in [-0.4, -0.2) is 55.0 Å². The Morgan fingerprint density at radius 2 is 1.63 bits per heavy atom. The van der Waals surface area contributed by atoms with Gasteiger partial charge in [0.05, 0.1) is 0 Å². The van der Waals surface area contributed by atoms with Gasteiger partial charge in [0.25, 0.3) is 0 Å². The van der Waals surface area contributed by atoms with Crippen LogP contribution >= 0.6 is 0 Å². The van der Waals surface area contributed by atoms with Gasteiger partial charge in [-0.2, -0.15) is 13.2 Å². The van der Waals surface area contributed by atoms with Crippen molar-refractivity contribution in [2.45, 2.75) is 32.9 Å². The molecule has 0 aliphatic carbocycles. The molecule has 0 saturated carbocycles. The lowest BCUT2D eigenvalue weighted by Gasteiger charge is -2.25. The molecular weight excluding hydrogens is 261 g/mol. The number of hydrogen-bond donors (Lipinski definition) is 0. The van der Waals surface area contributed by atoms with Crippen LogP contribution < -0.4 is 0 Å². The average molecular weight is 282 g/mol. The number of nitrogens with zero attached hydrogens (tertiary/aromatic N) is 2. The van der Waals surface area contributed by atoms with Crippen LogP contribution in [0.4, 0.5) is 13.2 Å². The first-order valence-corrected chi connectivity index (χ1v) is 6.07. The lowest BCUT2D eigenvalue weighted by molar-refractivity contribution is -0.164. The Bertz CT molecular complexity index is 315. The number of halogens is 3. The summed E-state index contributed by atoms with van der Waals surface area (Å²) in [6.07, 6.45) is -3.97. The van der Waals surface area contributed by atoms with E-state index in [1.54, 1.807) is 0 Å². The number of rotatable bonds is 6. The molecule has 0 aromatic rings. The zero-order valence-corrected chi connectivity index (χ0v) is 11.8. The molecule has 19 heavy (non-hydrogen) atoms. The molecule has 0 spiro atoms. The second kappa shape index (κ2) is 7.35. The zero-order valence-electron chi connectivity index (χ0n) is 11.8. The first-order chi connectivity index (χ1) is 8.53. The number of alkyl halides is 3. The van der Waals surface area contributed by atoms with Gasteiger partial charge in [-0.25, -0.2) is 0 Å². The van der Waals surface area contributed by atoms with Gasteiger partial charge >= 0.3 is 6.18 Å². The smallest absolute Gasteiger partial charge is 0.347 e. The van der Waals surface area contributed by atoms with Gasteiger partial charge in [-0.3, -0.25) is 9.59 Å².